The predicted octanol–water partition coefficient (Wildman–Crippen LogP) is 3.84. The molecule has 0 aromatic heterocycles. The second-order valence-corrected chi connectivity index (χ2v) is 7.32. The van der Waals surface area contributed by atoms with Crippen LogP contribution in [0.5, 0.6) is 0 Å². The molecule has 2 amide bonds. The van der Waals surface area contributed by atoms with Crippen molar-refractivity contribution in [2.75, 3.05) is 20.3 Å². The van der Waals surface area contributed by atoms with Crippen LogP contribution in [-0.2, 0) is 27.3 Å². The normalized spacial score (nSPS) is 11.7. The second kappa shape index (κ2) is 12.2. The third-order valence-corrected chi connectivity index (χ3v) is 4.86. The van der Waals surface area contributed by atoms with Gasteiger partial charge in [-0.3, -0.25) is 9.59 Å². The van der Waals surface area contributed by atoms with Crippen molar-refractivity contribution in [3.8, 4) is 0 Å². The number of ether oxygens (including phenoxy) is 1. The third-order valence-electron chi connectivity index (χ3n) is 4.61. The van der Waals surface area contributed by atoms with E-state index in [-0.39, 0.29) is 11.8 Å². The topological polar surface area (TPSA) is 58.6 Å². The molecule has 2 aromatic rings. The van der Waals surface area contributed by atoms with Crippen molar-refractivity contribution in [1.82, 2.24) is 10.2 Å². The first-order valence-corrected chi connectivity index (χ1v) is 10.3. The first-order chi connectivity index (χ1) is 14.0. The summed E-state index contributed by atoms with van der Waals surface area (Å²) in [7, 11) is 1.59. The summed E-state index contributed by atoms with van der Waals surface area (Å²) in [6, 6.07) is 16.5. The summed E-state index contributed by atoms with van der Waals surface area (Å²) < 4.78 is 5.04. The van der Waals surface area contributed by atoms with Crippen molar-refractivity contribution < 1.29 is 14.3 Å². The van der Waals surface area contributed by atoms with Gasteiger partial charge in [0.05, 0.1) is 6.61 Å². The van der Waals surface area contributed by atoms with Crippen LogP contribution in [-0.4, -0.2) is 43.0 Å². The van der Waals surface area contributed by atoms with Crippen molar-refractivity contribution in [2.45, 2.75) is 38.8 Å². The minimum absolute atomic E-state index is 0.0368. The maximum Gasteiger partial charge on any atom is 0.243 e. The predicted molar refractivity (Wildman–Crippen MR) is 116 cm³/mol. The molecule has 6 heteroatoms. The molecule has 0 aliphatic rings. The minimum atomic E-state index is -0.607. The molecule has 29 heavy (non-hydrogen) atoms. The van der Waals surface area contributed by atoms with Crippen LogP contribution in [0, 0.1) is 0 Å². The Kier molecular flexibility index (Phi) is 9.68. The van der Waals surface area contributed by atoms with Crippen LogP contribution in [0.25, 0.3) is 0 Å². The summed E-state index contributed by atoms with van der Waals surface area (Å²) >= 11 is 6.00. The Balaban J connectivity index is 2.30. The van der Waals surface area contributed by atoms with E-state index in [1.165, 1.54) is 0 Å². The minimum Gasteiger partial charge on any atom is -0.383 e. The monoisotopic (exact) mass is 416 g/mol. The van der Waals surface area contributed by atoms with Gasteiger partial charge in [-0.05, 0) is 29.7 Å². The highest BCUT2D eigenvalue weighted by Gasteiger charge is 2.29. The number of nitrogens with zero attached hydrogens (tertiary/aromatic N) is 1. The highest BCUT2D eigenvalue weighted by Crippen LogP contribution is 2.17. The molecule has 0 spiro atoms. The Hall–Kier alpha value is -2.37. The van der Waals surface area contributed by atoms with Crippen LogP contribution in [0.2, 0.25) is 5.02 Å². The van der Waals surface area contributed by atoms with Gasteiger partial charge in [0.2, 0.25) is 11.8 Å². The third kappa shape index (κ3) is 7.52. The molecule has 1 atom stereocenters. The molecule has 0 saturated carbocycles. The Bertz CT molecular complexity index is 765. The van der Waals surface area contributed by atoms with Gasteiger partial charge in [0.1, 0.15) is 6.04 Å². The molecule has 5 nitrogen and oxygen atoms in total. The zero-order valence-corrected chi connectivity index (χ0v) is 17.8. The van der Waals surface area contributed by atoms with Gasteiger partial charge in [0.15, 0.2) is 0 Å². The van der Waals surface area contributed by atoms with Gasteiger partial charge in [-0.1, -0.05) is 61.0 Å². The van der Waals surface area contributed by atoms with Gasteiger partial charge in [-0.2, -0.15) is 0 Å². The average molecular weight is 417 g/mol. The number of carbonyl (C=O) groups excluding carboxylic acids is 2. The number of hydrogen-bond acceptors (Lipinski definition) is 3. The van der Waals surface area contributed by atoms with Gasteiger partial charge in [0.25, 0.3) is 0 Å². The number of carbonyl (C=O) groups is 2. The van der Waals surface area contributed by atoms with Crippen LogP contribution >= 0.6 is 11.6 Å². The Morgan fingerprint density at radius 3 is 2.38 bits per heavy atom. The summed E-state index contributed by atoms with van der Waals surface area (Å²) in [5.74, 6) is -0.213. The number of amides is 2. The average Bonchev–Trinajstić information content (AvgIpc) is 2.73. The highest BCUT2D eigenvalue weighted by molar-refractivity contribution is 6.30. The molecule has 0 saturated heterocycles. The lowest BCUT2D eigenvalue weighted by Gasteiger charge is -2.31. The number of rotatable bonds is 11. The second-order valence-electron chi connectivity index (χ2n) is 6.89. The van der Waals surface area contributed by atoms with E-state index >= 15 is 0 Å². The van der Waals surface area contributed by atoms with Crippen LogP contribution < -0.4 is 5.32 Å². The molecule has 0 aliphatic carbocycles. The van der Waals surface area contributed by atoms with Gasteiger partial charge in [0, 0.05) is 38.1 Å². The van der Waals surface area contributed by atoms with Crippen LogP contribution in [0.1, 0.15) is 30.9 Å². The van der Waals surface area contributed by atoms with Crippen LogP contribution in [0.4, 0.5) is 0 Å². The van der Waals surface area contributed by atoms with Gasteiger partial charge >= 0.3 is 0 Å². The van der Waals surface area contributed by atoms with Crippen molar-refractivity contribution in [1.29, 1.82) is 0 Å². The van der Waals surface area contributed by atoms with Crippen molar-refractivity contribution in [2.24, 2.45) is 0 Å². The molecule has 0 radical (unpaired) electrons. The molecule has 2 aromatic carbocycles. The smallest absolute Gasteiger partial charge is 0.243 e. The van der Waals surface area contributed by atoms with E-state index in [9.17, 15) is 9.59 Å². The van der Waals surface area contributed by atoms with E-state index in [2.05, 4.69) is 5.32 Å². The number of halogens is 1. The lowest BCUT2D eigenvalue weighted by atomic mass is 10.0. The zero-order valence-electron chi connectivity index (χ0n) is 17.1. The fourth-order valence-electron chi connectivity index (χ4n) is 3.09. The number of nitrogens with one attached hydrogen (secondary N) is 1. The Morgan fingerprint density at radius 1 is 1.07 bits per heavy atom. The Morgan fingerprint density at radius 2 is 1.76 bits per heavy atom. The molecule has 0 heterocycles. The highest BCUT2D eigenvalue weighted by atomic mass is 35.5. The summed E-state index contributed by atoms with van der Waals surface area (Å²) in [5.41, 5.74) is 1.94. The molecule has 0 aliphatic heterocycles. The van der Waals surface area contributed by atoms with E-state index in [1.807, 2.05) is 49.4 Å². The van der Waals surface area contributed by atoms with E-state index in [0.29, 0.717) is 37.6 Å². The Labute approximate surface area is 178 Å². The summed E-state index contributed by atoms with van der Waals surface area (Å²) in [4.78, 5) is 27.7. The van der Waals surface area contributed by atoms with Crippen molar-refractivity contribution in [3.05, 3.63) is 70.7 Å². The zero-order chi connectivity index (χ0) is 21.1. The largest absolute Gasteiger partial charge is 0.383 e. The van der Waals surface area contributed by atoms with E-state index in [1.54, 1.807) is 24.1 Å². The number of benzene rings is 2. The van der Waals surface area contributed by atoms with Crippen molar-refractivity contribution >= 4 is 23.4 Å². The molecule has 1 unspecified atom stereocenters. The molecular weight excluding hydrogens is 388 g/mol. The molecule has 1 N–H and O–H groups in total. The maximum atomic E-state index is 13.0. The maximum absolute atomic E-state index is 13.0. The standard InChI is InChI=1S/C23H29ClN2O3/c1-3-7-22(27)26(17-19-10-12-20(24)13-11-19)21(23(28)25-14-15-29-2)16-18-8-5-4-6-9-18/h4-6,8-13,21H,3,7,14-17H2,1-2H3,(H,25,28). The van der Waals surface area contributed by atoms with Gasteiger partial charge in [-0.15, -0.1) is 0 Å². The van der Waals surface area contributed by atoms with Gasteiger partial charge in [-0.25, -0.2) is 0 Å². The molecule has 0 bridgehead atoms. The SMILES string of the molecule is CCCC(=O)N(Cc1ccc(Cl)cc1)C(Cc1ccccc1)C(=O)NCCOC. The summed E-state index contributed by atoms with van der Waals surface area (Å²) in [6.45, 7) is 3.13. The van der Waals surface area contributed by atoms with Crippen LogP contribution in [0.15, 0.2) is 54.6 Å². The lowest BCUT2D eigenvalue weighted by molar-refractivity contribution is -0.141. The summed E-state index contributed by atoms with van der Waals surface area (Å²) in [5, 5.41) is 3.53. The van der Waals surface area contributed by atoms with E-state index in [4.69, 9.17) is 16.3 Å². The molecule has 156 valence electrons. The molecule has 0 fully saturated rings. The molecular formula is C23H29ClN2O3. The fraction of sp³-hybridized carbons (Fsp3) is 0.391. The first kappa shape index (κ1) is 22.9. The first-order valence-electron chi connectivity index (χ1n) is 9.89. The van der Waals surface area contributed by atoms with Crippen molar-refractivity contribution in [3.63, 3.8) is 0 Å². The number of hydrogen-bond donors (Lipinski definition) is 1. The lowest BCUT2D eigenvalue weighted by Crippen LogP contribution is -2.51. The quantitative estimate of drug-likeness (QED) is 0.566. The fourth-order valence-corrected chi connectivity index (χ4v) is 3.22. The van der Waals surface area contributed by atoms with Crippen LogP contribution in [0.3, 0.4) is 0 Å². The van der Waals surface area contributed by atoms with Gasteiger partial charge < -0.3 is 15.0 Å². The van der Waals surface area contributed by atoms with E-state index < -0.39 is 6.04 Å². The molecule has 2 rings (SSSR count). The summed E-state index contributed by atoms with van der Waals surface area (Å²) in [6.07, 6.45) is 1.56. The van der Waals surface area contributed by atoms with E-state index in [0.717, 1.165) is 17.5 Å². The number of methoxy groups -OCH3 is 1.